The molecular formula is C66H96BrCl5N4O18S4. The third kappa shape index (κ3) is 29.1. The van der Waals surface area contributed by atoms with E-state index in [-0.39, 0.29) is 101 Å². The fourth-order valence-electron chi connectivity index (χ4n) is 10.9. The van der Waals surface area contributed by atoms with Gasteiger partial charge in [0.05, 0.1) is 46.5 Å². The Hall–Kier alpha value is -3.30. The zero-order valence-electron chi connectivity index (χ0n) is 57.2. The number of aryl methyl sites for hydroxylation is 4. The highest BCUT2D eigenvalue weighted by atomic mass is 79.9. The number of nitrogens with zero attached hydrogens (tertiary/aromatic N) is 3. The number of sulfonamides is 3. The lowest BCUT2D eigenvalue weighted by Crippen LogP contribution is -2.46. The number of ether oxygens (including phenoxy) is 4. The number of aliphatic carboxylic acids is 1. The fourth-order valence-corrected chi connectivity index (χ4v) is 20.4. The number of benzene rings is 4. The van der Waals surface area contributed by atoms with E-state index in [1.165, 1.54) is 31.8 Å². The number of carbonyl (C=O) groups excluding carboxylic acids is 2. The summed E-state index contributed by atoms with van der Waals surface area (Å²) in [6.45, 7) is 19.7. The number of carbonyl (C=O) groups is 3. The molecule has 8 rings (SSSR count). The first-order chi connectivity index (χ1) is 45.7. The molecule has 4 atom stereocenters. The number of piperidine rings is 4. The molecule has 4 heterocycles. The maximum Gasteiger partial charge on any atom is 0.332 e. The molecule has 0 radical (unpaired) electrons. The summed E-state index contributed by atoms with van der Waals surface area (Å²) in [5, 5.41) is 30.9. The van der Waals surface area contributed by atoms with Gasteiger partial charge in [-0.3, -0.25) is 4.79 Å². The normalized spacial score (nSPS) is 19.0. The Morgan fingerprint density at radius 1 is 0.500 bits per heavy atom. The lowest BCUT2D eigenvalue weighted by atomic mass is 10.1. The smallest absolute Gasteiger partial charge is 0.332 e. The van der Waals surface area contributed by atoms with Crippen molar-refractivity contribution in [2.45, 2.75) is 201 Å². The number of nitrogens with one attached hydrogen (secondary N) is 1. The summed E-state index contributed by atoms with van der Waals surface area (Å²) < 4.78 is 125. The van der Waals surface area contributed by atoms with Crippen LogP contribution in [0.4, 0.5) is 0 Å². The van der Waals surface area contributed by atoms with Gasteiger partial charge in [0.1, 0.15) is 49.3 Å². The SMILES string of the molecule is CC(C)(C)OC(=O)CBr.Cc1cccc(Cl)c1S(=O)(=O)Cl.Cc1cccc(Cl)c1S(=O)(=O)N1CCCCC1CO.Cc1cccc(Cl)c1S(=O)(=O)N1CCCCC1COCC(=O)O.Cc1cccc(Cl)c1S(=O)(=O)N1CCCCC1COCC(=O)OC(C)(C)C.OCC1CCCCN1. The van der Waals surface area contributed by atoms with Crippen LogP contribution in [0, 0.1) is 27.7 Å². The average molecular weight is 1620 g/mol. The first kappa shape index (κ1) is 88.9. The monoisotopic (exact) mass is 1610 g/mol. The highest BCUT2D eigenvalue weighted by molar-refractivity contribution is 9.09. The number of rotatable bonds is 18. The number of esters is 2. The molecule has 32 heteroatoms. The van der Waals surface area contributed by atoms with Gasteiger partial charge in [-0.25, -0.2) is 43.3 Å². The van der Waals surface area contributed by atoms with Gasteiger partial charge in [-0.05, 0) is 174 Å². The van der Waals surface area contributed by atoms with Gasteiger partial charge < -0.3 is 39.6 Å². The Morgan fingerprint density at radius 2 is 0.837 bits per heavy atom. The molecule has 4 aromatic carbocycles. The Labute approximate surface area is 613 Å². The predicted octanol–water partition coefficient (Wildman–Crippen LogP) is 12.4. The molecule has 22 nitrogen and oxygen atoms in total. The molecule has 0 aromatic heterocycles. The standard InChI is InChI=1S/C19H28ClNO5S.C15H20ClNO5S.C13H18ClNO3S.C7H6Cl2O2S.C6H11BrO2.C6H13NO/c1-14-8-7-10-16(20)18(14)27(23,24)21-11-6-5-9-15(21)12-25-13-17(22)26-19(2,3)4;1-11-5-4-7-13(16)15(11)23(20,21)17-8-3-2-6-12(17)9-22-10-14(18)19;1-10-5-4-7-12(14)13(10)19(17,18)15-8-3-2-6-11(15)9-16;1-5-3-2-4-6(8)7(5)12(9,10)11;1-6(2,3)9-5(8)4-7;8-5-6-3-1-2-4-7-6/h7-8,10,15H,5-6,9,11-13H2,1-4H3;4-5,7,12H,2-3,6,8-10H2,1H3,(H,18,19);4-5,7,11,16H,2-3,6,8-9H2,1H3;2-4H,1H3;4H2,1-3H3;6-8H,1-5H2. The summed E-state index contributed by atoms with van der Waals surface area (Å²) >= 11 is 27.0. The molecule has 4 fully saturated rings. The summed E-state index contributed by atoms with van der Waals surface area (Å²) in [6.07, 6.45) is 10.8. The second kappa shape index (κ2) is 41.9. The molecule has 0 bridgehead atoms. The maximum atomic E-state index is 13.2. The van der Waals surface area contributed by atoms with Crippen molar-refractivity contribution in [1.29, 1.82) is 0 Å². The van der Waals surface area contributed by atoms with Gasteiger partial charge in [-0.1, -0.05) is 137 Å². The number of hydrogen-bond donors (Lipinski definition) is 4. The van der Waals surface area contributed by atoms with Gasteiger partial charge in [-0.2, -0.15) is 12.9 Å². The van der Waals surface area contributed by atoms with Gasteiger partial charge in [0.15, 0.2) is 0 Å². The van der Waals surface area contributed by atoms with Crippen molar-refractivity contribution in [2.24, 2.45) is 0 Å². The number of aliphatic hydroxyl groups excluding tert-OH is 2. The number of hydrogen-bond acceptors (Lipinski definition) is 18. The minimum Gasteiger partial charge on any atom is -0.480 e. The van der Waals surface area contributed by atoms with Crippen molar-refractivity contribution in [3.05, 3.63) is 115 Å². The van der Waals surface area contributed by atoms with Crippen molar-refractivity contribution < 1.29 is 82.3 Å². The molecule has 4 unspecified atom stereocenters. The lowest BCUT2D eigenvalue weighted by molar-refractivity contribution is -0.160. The average Bonchev–Trinajstić information content (AvgIpc) is 0.789. The number of carboxylic acid groups (broad SMARTS) is 1. The zero-order valence-corrected chi connectivity index (χ0v) is 65.8. The molecule has 0 amide bonds. The van der Waals surface area contributed by atoms with E-state index in [9.17, 15) is 53.2 Å². The molecule has 4 aliphatic heterocycles. The van der Waals surface area contributed by atoms with Crippen molar-refractivity contribution in [1.82, 2.24) is 18.2 Å². The van der Waals surface area contributed by atoms with E-state index in [1.54, 1.807) is 115 Å². The van der Waals surface area contributed by atoms with Crippen LogP contribution in [0.15, 0.2) is 92.4 Å². The van der Waals surface area contributed by atoms with E-state index >= 15 is 0 Å². The molecule has 0 aliphatic carbocycles. The van der Waals surface area contributed by atoms with Crippen LogP contribution in [0.5, 0.6) is 0 Å². The van der Waals surface area contributed by atoms with E-state index in [4.69, 9.17) is 86.2 Å². The van der Waals surface area contributed by atoms with Crippen LogP contribution in [-0.2, 0) is 72.5 Å². The molecule has 554 valence electrons. The number of aliphatic hydroxyl groups is 2. The lowest BCUT2D eigenvalue weighted by Gasteiger charge is -2.35. The Kier molecular flexibility index (Phi) is 38.0. The summed E-state index contributed by atoms with van der Waals surface area (Å²) in [5.41, 5.74) is 1.45. The zero-order chi connectivity index (χ0) is 74.0. The molecule has 4 N–H and O–H groups in total. The van der Waals surface area contributed by atoms with E-state index in [2.05, 4.69) is 21.2 Å². The molecule has 0 saturated carbocycles. The first-order valence-corrected chi connectivity index (χ1v) is 41.2. The molecule has 4 aliphatic rings. The quantitative estimate of drug-likeness (QED) is 0.0409. The van der Waals surface area contributed by atoms with Crippen molar-refractivity contribution in [3.63, 3.8) is 0 Å². The largest absolute Gasteiger partial charge is 0.480 e. The molecular weight excluding hydrogens is 1520 g/mol. The third-order valence-electron chi connectivity index (χ3n) is 15.2. The maximum absolute atomic E-state index is 13.2. The Morgan fingerprint density at radius 3 is 1.11 bits per heavy atom. The topological polar surface area (TPSA) is 307 Å². The highest BCUT2D eigenvalue weighted by Crippen LogP contribution is 2.36. The summed E-state index contributed by atoms with van der Waals surface area (Å²) in [7, 11) is -9.71. The van der Waals surface area contributed by atoms with Crippen LogP contribution in [0.25, 0.3) is 0 Å². The molecule has 4 saturated heterocycles. The number of alkyl halides is 1. The van der Waals surface area contributed by atoms with Gasteiger partial charge in [-0.15, -0.1) is 0 Å². The minimum atomic E-state index is -3.75. The molecule has 0 spiro atoms. The van der Waals surface area contributed by atoms with Gasteiger partial charge in [0.2, 0.25) is 30.1 Å². The van der Waals surface area contributed by atoms with E-state index in [0.29, 0.717) is 73.8 Å². The summed E-state index contributed by atoms with van der Waals surface area (Å²) in [5.74, 6) is -1.76. The van der Waals surface area contributed by atoms with E-state index in [0.717, 1.165) is 51.5 Å². The second-order valence-corrected chi connectivity index (χ2v) is 35.7. The third-order valence-corrected chi connectivity index (χ3v) is 25.3. The number of halogens is 6. The number of carboxylic acids is 1. The highest BCUT2D eigenvalue weighted by Gasteiger charge is 2.39. The fraction of sp³-hybridized carbons (Fsp3) is 0.591. The summed E-state index contributed by atoms with van der Waals surface area (Å²) in [6, 6.07) is 19.2. The van der Waals surface area contributed by atoms with Gasteiger partial charge >= 0.3 is 17.9 Å². The summed E-state index contributed by atoms with van der Waals surface area (Å²) in [4.78, 5) is 33.3. The van der Waals surface area contributed by atoms with Crippen LogP contribution >= 0.6 is 73.0 Å². The minimum absolute atomic E-state index is 0.00617. The van der Waals surface area contributed by atoms with E-state index in [1.807, 2.05) is 20.8 Å². The first-order valence-electron chi connectivity index (χ1n) is 32.0. The van der Waals surface area contributed by atoms with Crippen LogP contribution in [0.3, 0.4) is 0 Å². The van der Waals surface area contributed by atoms with Crippen LogP contribution < -0.4 is 5.32 Å². The van der Waals surface area contributed by atoms with Gasteiger partial charge in [0.25, 0.3) is 9.05 Å². The second-order valence-electron chi connectivity index (χ2n) is 25.5. The van der Waals surface area contributed by atoms with Crippen LogP contribution in [0.2, 0.25) is 20.1 Å². The van der Waals surface area contributed by atoms with Crippen molar-refractivity contribution in [3.8, 4) is 0 Å². The Balaban J connectivity index is 0.000000321. The van der Waals surface area contributed by atoms with Crippen molar-refractivity contribution >= 4 is 130 Å². The molecule has 4 aromatic rings. The Bertz CT molecular complexity index is 3610. The van der Waals surface area contributed by atoms with Crippen LogP contribution in [0.1, 0.15) is 141 Å². The molecule has 98 heavy (non-hydrogen) atoms. The van der Waals surface area contributed by atoms with E-state index < -0.39 is 63.3 Å². The predicted molar refractivity (Wildman–Crippen MR) is 387 cm³/mol. The van der Waals surface area contributed by atoms with Gasteiger partial charge in [0, 0.05) is 54.5 Å². The van der Waals surface area contributed by atoms with Crippen molar-refractivity contribution in [2.75, 3.05) is 71.2 Å². The van der Waals surface area contributed by atoms with Crippen LogP contribution in [-0.4, -0.2) is 186 Å².